The van der Waals surface area contributed by atoms with Crippen LogP contribution < -0.4 is 0 Å². The zero-order chi connectivity index (χ0) is 13.9. The highest BCUT2D eigenvalue weighted by atomic mass is 28.1. The largest absolute Gasteiger partial charge is 0.138 e. The van der Waals surface area contributed by atoms with E-state index in [1.54, 1.807) is 0 Å². The molecule has 94 valence electrons. The summed E-state index contributed by atoms with van der Waals surface area (Å²) in [4.78, 5) is 0. The second-order valence-electron chi connectivity index (χ2n) is 4.73. The molecule has 0 aliphatic heterocycles. The average Bonchev–Trinajstić information content (AvgIpc) is 2.46. The van der Waals surface area contributed by atoms with Gasteiger partial charge in [0.2, 0.25) is 0 Å². The molecule has 0 radical (unpaired) electrons. The molecule has 0 unspecified atom stereocenters. The van der Waals surface area contributed by atoms with Gasteiger partial charge in [-0.15, -0.1) is 11.1 Å². The molecule has 0 N–H and O–H groups in total. The zero-order valence-electron chi connectivity index (χ0n) is 11.6. The lowest BCUT2D eigenvalue weighted by Gasteiger charge is -2.04. The highest BCUT2D eigenvalue weighted by Crippen LogP contribution is 2.24. The van der Waals surface area contributed by atoms with E-state index in [0.717, 1.165) is 31.6 Å². The predicted molar refractivity (Wildman–Crippen MR) is 95.1 cm³/mol. The number of hydrogen-bond donors (Lipinski definition) is 0. The summed E-state index contributed by atoms with van der Waals surface area (Å²) in [5.41, 5.74) is 8.37. The summed E-state index contributed by atoms with van der Waals surface area (Å²) in [6.45, 7) is 0. The van der Waals surface area contributed by atoms with Crippen LogP contribution in [0.25, 0.3) is 21.5 Å². The smallest absolute Gasteiger partial charge is 0.0911 e. The average molecular weight is 286 g/mol. The van der Waals surface area contributed by atoms with E-state index in [2.05, 4.69) is 71.5 Å². The Morgan fingerprint density at radius 1 is 0.550 bits per heavy atom. The highest BCUT2D eigenvalue weighted by Gasteiger charge is 2.00. The Kier molecular flexibility index (Phi) is 3.43. The molecule has 0 nitrogen and oxygen atoms in total. The SMILES string of the molecule is [SiH3]C#Cc1ccc2cc3ccc(C#C[SiH3])cc3cc2c1. The molecular weight excluding hydrogens is 272 g/mol. The van der Waals surface area contributed by atoms with Gasteiger partial charge in [-0.25, -0.2) is 0 Å². The molecule has 2 heteroatoms. The molecule has 0 aliphatic rings. The number of hydrogen-bond acceptors (Lipinski definition) is 0. The molecule has 3 rings (SSSR count). The molecule has 0 amide bonds. The summed E-state index contributed by atoms with van der Waals surface area (Å²) >= 11 is 0. The van der Waals surface area contributed by atoms with Crippen LogP contribution in [0.5, 0.6) is 0 Å². The molecule has 0 bridgehead atoms. The van der Waals surface area contributed by atoms with Crippen LogP contribution in [0.1, 0.15) is 11.1 Å². The lowest BCUT2D eigenvalue weighted by Crippen LogP contribution is -1.81. The fourth-order valence-electron chi connectivity index (χ4n) is 2.44. The Morgan fingerprint density at radius 3 is 1.45 bits per heavy atom. The first kappa shape index (κ1) is 12.8. The summed E-state index contributed by atoms with van der Waals surface area (Å²) in [6.07, 6.45) is 0. The van der Waals surface area contributed by atoms with Crippen LogP contribution in [0.15, 0.2) is 48.5 Å². The first-order chi connectivity index (χ1) is 9.80. The van der Waals surface area contributed by atoms with Crippen LogP contribution in [0, 0.1) is 22.9 Å². The van der Waals surface area contributed by atoms with E-state index in [1.165, 1.54) is 21.5 Å². The van der Waals surface area contributed by atoms with Gasteiger partial charge in [0.15, 0.2) is 0 Å². The van der Waals surface area contributed by atoms with Crippen molar-refractivity contribution in [3.05, 3.63) is 59.7 Å². The van der Waals surface area contributed by atoms with Crippen LogP contribution in [0.2, 0.25) is 0 Å². The molecule has 20 heavy (non-hydrogen) atoms. The van der Waals surface area contributed by atoms with Gasteiger partial charge in [0.05, 0.1) is 20.5 Å². The minimum atomic E-state index is 0.917. The van der Waals surface area contributed by atoms with Crippen molar-refractivity contribution in [3.63, 3.8) is 0 Å². The van der Waals surface area contributed by atoms with Crippen molar-refractivity contribution >= 4 is 42.0 Å². The maximum atomic E-state index is 3.17. The van der Waals surface area contributed by atoms with Crippen molar-refractivity contribution in [2.24, 2.45) is 0 Å². The van der Waals surface area contributed by atoms with E-state index in [0.29, 0.717) is 0 Å². The number of fused-ring (bicyclic) bond motifs is 2. The van der Waals surface area contributed by atoms with Gasteiger partial charge in [0.1, 0.15) is 0 Å². The summed E-state index contributed by atoms with van der Waals surface area (Å²) in [5.74, 6) is 6.35. The van der Waals surface area contributed by atoms with Crippen molar-refractivity contribution in [2.45, 2.75) is 0 Å². The summed E-state index contributed by atoms with van der Waals surface area (Å²) in [5, 5.41) is 5.02. The number of benzene rings is 3. The number of rotatable bonds is 0. The van der Waals surface area contributed by atoms with Crippen LogP contribution >= 0.6 is 0 Å². The topological polar surface area (TPSA) is 0 Å². The molecule has 0 saturated carbocycles. The third-order valence-corrected chi connectivity index (χ3v) is 3.83. The van der Waals surface area contributed by atoms with Gasteiger partial charge in [0, 0.05) is 11.1 Å². The second kappa shape index (κ2) is 5.39. The molecule has 0 atom stereocenters. The quantitative estimate of drug-likeness (QED) is 0.332. The minimum absolute atomic E-state index is 0.917. The highest BCUT2D eigenvalue weighted by molar-refractivity contribution is 6.22. The van der Waals surface area contributed by atoms with Gasteiger partial charge in [-0.05, 0) is 57.9 Å². The van der Waals surface area contributed by atoms with Crippen LogP contribution in [0.4, 0.5) is 0 Å². The predicted octanol–water partition coefficient (Wildman–Crippen LogP) is 1.34. The van der Waals surface area contributed by atoms with E-state index < -0.39 is 0 Å². The third-order valence-electron chi connectivity index (χ3n) is 3.33. The van der Waals surface area contributed by atoms with Gasteiger partial charge >= 0.3 is 0 Å². The van der Waals surface area contributed by atoms with Crippen molar-refractivity contribution < 1.29 is 0 Å². The van der Waals surface area contributed by atoms with E-state index in [4.69, 9.17) is 0 Å². The Labute approximate surface area is 125 Å². The fourth-order valence-corrected chi connectivity index (χ4v) is 3.02. The van der Waals surface area contributed by atoms with Crippen molar-refractivity contribution in [2.75, 3.05) is 0 Å². The maximum absolute atomic E-state index is 3.17. The molecule has 0 aromatic heterocycles. The van der Waals surface area contributed by atoms with Crippen LogP contribution in [-0.4, -0.2) is 20.5 Å². The lowest BCUT2D eigenvalue weighted by molar-refractivity contribution is 1.69. The molecule has 0 aliphatic carbocycles. The maximum Gasteiger partial charge on any atom is 0.0911 e. The third kappa shape index (κ3) is 2.40. The van der Waals surface area contributed by atoms with E-state index in [9.17, 15) is 0 Å². The molecule has 0 heterocycles. The van der Waals surface area contributed by atoms with Crippen molar-refractivity contribution in [3.8, 4) is 22.9 Å². The van der Waals surface area contributed by atoms with Gasteiger partial charge in [-0.2, -0.15) is 0 Å². The first-order valence-electron chi connectivity index (χ1n) is 6.63. The van der Waals surface area contributed by atoms with Gasteiger partial charge in [-0.1, -0.05) is 24.0 Å². The Balaban J connectivity index is 2.27. The second-order valence-corrected chi connectivity index (χ2v) is 5.73. The van der Waals surface area contributed by atoms with E-state index >= 15 is 0 Å². The Hall–Kier alpha value is -2.27. The standard InChI is InChI=1S/C18H14Si2/c19-7-5-13-1-3-15-11-16-4-2-14(6-8-20)10-18(16)12-17(15)9-13/h1-4,9-12H,19-20H3. The van der Waals surface area contributed by atoms with Gasteiger partial charge in [0.25, 0.3) is 0 Å². The summed E-state index contributed by atoms with van der Waals surface area (Å²) < 4.78 is 0. The monoisotopic (exact) mass is 286 g/mol. The Morgan fingerprint density at radius 2 is 1.00 bits per heavy atom. The minimum Gasteiger partial charge on any atom is -0.138 e. The van der Waals surface area contributed by atoms with Gasteiger partial charge in [-0.3, -0.25) is 0 Å². The molecule has 3 aromatic carbocycles. The molecule has 0 fully saturated rings. The van der Waals surface area contributed by atoms with Crippen molar-refractivity contribution in [1.82, 2.24) is 0 Å². The Bertz CT molecular complexity index is 857. The summed E-state index contributed by atoms with van der Waals surface area (Å²) in [6, 6.07) is 17.3. The molecule has 0 spiro atoms. The summed E-state index contributed by atoms with van der Waals surface area (Å²) in [7, 11) is 1.83. The van der Waals surface area contributed by atoms with Crippen molar-refractivity contribution in [1.29, 1.82) is 0 Å². The zero-order valence-corrected chi connectivity index (χ0v) is 15.6. The van der Waals surface area contributed by atoms with E-state index in [-0.39, 0.29) is 0 Å². The molecular formula is C18H14Si2. The lowest BCUT2D eigenvalue weighted by atomic mass is 10.0. The van der Waals surface area contributed by atoms with Crippen LogP contribution in [0.3, 0.4) is 0 Å². The van der Waals surface area contributed by atoms with Gasteiger partial charge < -0.3 is 0 Å². The molecule has 3 aromatic rings. The van der Waals surface area contributed by atoms with E-state index in [1.807, 2.05) is 0 Å². The first-order valence-corrected chi connectivity index (χ1v) is 8.63. The normalized spacial score (nSPS) is 10.0. The fraction of sp³-hybridized carbons (Fsp3) is 0. The molecule has 0 saturated heterocycles. The van der Waals surface area contributed by atoms with Crippen LogP contribution in [-0.2, 0) is 0 Å².